The van der Waals surface area contributed by atoms with Crippen LogP contribution in [0.15, 0.2) is 35.4 Å². The van der Waals surface area contributed by atoms with Gasteiger partial charge in [0.2, 0.25) is 5.91 Å². The van der Waals surface area contributed by atoms with Gasteiger partial charge in [0.05, 0.1) is 13.5 Å². The molecular weight excluding hydrogens is 242 g/mol. The number of imide groups is 1. The summed E-state index contributed by atoms with van der Waals surface area (Å²) in [6.45, 7) is 1.91. The van der Waals surface area contributed by atoms with E-state index < -0.39 is 0 Å². The lowest BCUT2D eigenvalue weighted by molar-refractivity contribution is -0.124. The van der Waals surface area contributed by atoms with Crippen molar-refractivity contribution in [3.63, 3.8) is 0 Å². The van der Waals surface area contributed by atoms with E-state index in [1.807, 2.05) is 31.2 Å². The molecule has 100 valence electrons. The van der Waals surface area contributed by atoms with Crippen molar-refractivity contribution in [1.82, 2.24) is 5.32 Å². The number of benzene rings is 1. The number of nitrogens with one attached hydrogen (secondary N) is 1. The first kappa shape index (κ1) is 13.3. The fourth-order valence-corrected chi connectivity index (χ4v) is 2.11. The summed E-state index contributed by atoms with van der Waals surface area (Å²) >= 11 is 0. The minimum Gasteiger partial charge on any atom is -0.497 e. The van der Waals surface area contributed by atoms with Gasteiger partial charge in [-0.3, -0.25) is 14.9 Å². The Hall–Kier alpha value is -2.10. The van der Waals surface area contributed by atoms with Gasteiger partial charge in [-0.25, -0.2) is 0 Å². The number of ether oxygens (including phenoxy) is 1. The van der Waals surface area contributed by atoms with Crippen LogP contribution in [0.3, 0.4) is 0 Å². The maximum absolute atomic E-state index is 11.5. The molecule has 2 rings (SSSR count). The van der Waals surface area contributed by atoms with Gasteiger partial charge in [0.15, 0.2) is 0 Å². The zero-order valence-corrected chi connectivity index (χ0v) is 11.2. The number of carbonyl (C=O) groups excluding carboxylic acids is 2. The van der Waals surface area contributed by atoms with E-state index in [0.717, 1.165) is 24.2 Å². The topological polar surface area (TPSA) is 55.4 Å². The van der Waals surface area contributed by atoms with Crippen molar-refractivity contribution in [3.05, 3.63) is 41.0 Å². The first-order chi connectivity index (χ1) is 9.10. The lowest BCUT2D eigenvalue weighted by Gasteiger charge is -2.05. The monoisotopic (exact) mass is 259 g/mol. The van der Waals surface area contributed by atoms with E-state index in [2.05, 4.69) is 5.32 Å². The van der Waals surface area contributed by atoms with Gasteiger partial charge < -0.3 is 4.74 Å². The summed E-state index contributed by atoms with van der Waals surface area (Å²) in [7, 11) is 1.64. The highest BCUT2D eigenvalue weighted by Gasteiger charge is 2.25. The molecule has 0 saturated carbocycles. The molecule has 1 aromatic carbocycles. The second-order valence-corrected chi connectivity index (χ2v) is 4.66. The van der Waals surface area contributed by atoms with Crippen molar-refractivity contribution >= 4 is 11.8 Å². The lowest BCUT2D eigenvalue weighted by Crippen LogP contribution is -2.19. The summed E-state index contributed by atoms with van der Waals surface area (Å²) < 4.78 is 5.10. The Morgan fingerprint density at radius 1 is 1.26 bits per heavy atom. The number of hydrogen-bond acceptors (Lipinski definition) is 3. The summed E-state index contributed by atoms with van der Waals surface area (Å²) in [6, 6.07) is 7.86. The van der Waals surface area contributed by atoms with Crippen LogP contribution in [-0.4, -0.2) is 18.9 Å². The predicted octanol–water partition coefficient (Wildman–Crippen LogP) is 1.99. The number of methoxy groups -OCH3 is 1. The van der Waals surface area contributed by atoms with Gasteiger partial charge in [0.1, 0.15) is 5.75 Å². The van der Waals surface area contributed by atoms with E-state index in [-0.39, 0.29) is 18.2 Å². The zero-order chi connectivity index (χ0) is 13.8. The summed E-state index contributed by atoms with van der Waals surface area (Å²) in [6.07, 6.45) is 1.84. The molecule has 1 fully saturated rings. The number of allylic oxidation sites excluding steroid dienone is 1. The highest BCUT2D eigenvalue weighted by atomic mass is 16.5. The third-order valence-corrected chi connectivity index (χ3v) is 3.33. The number of carbonyl (C=O) groups is 2. The van der Waals surface area contributed by atoms with Crippen molar-refractivity contribution < 1.29 is 14.3 Å². The van der Waals surface area contributed by atoms with Crippen molar-refractivity contribution in [2.45, 2.75) is 26.2 Å². The first-order valence-corrected chi connectivity index (χ1v) is 6.26. The van der Waals surface area contributed by atoms with Gasteiger partial charge in [-0.1, -0.05) is 17.7 Å². The van der Waals surface area contributed by atoms with Crippen LogP contribution < -0.4 is 10.1 Å². The molecule has 4 nitrogen and oxygen atoms in total. The Labute approximate surface area is 112 Å². The SMILES string of the molecule is COc1ccc(CCC(C)=C2CC(=O)NC2=O)cc1. The average molecular weight is 259 g/mol. The molecule has 19 heavy (non-hydrogen) atoms. The standard InChI is InChI=1S/C15H17NO3/c1-10(13-9-14(17)16-15(13)18)3-4-11-5-7-12(19-2)8-6-11/h5-8H,3-4,9H2,1-2H3,(H,16,17,18). The highest BCUT2D eigenvalue weighted by molar-refractivity contribution is 6.13. The Bertz CT molecular complexity index is 529. The number of rotatable bonds is 4. The molecule has 1 aliphatic heterocycles. The molecule has 0 aliphatic carbocycles. The molecule has 4 heteroatoms. The van der Waals surface area contributed by atoms with Gasteiger partial charge in [0, 0.05) is 5.57 Å². The first-order valence-electron chi connectivity index (χ1n) is 6.26. The van der Waals surface area contributed by atoms with Crippen molar-refractivity contribution in [3.8, 4) is 5.75 Å². The van der Waals surface area contributed by atoms with Crippen molar-refractivity contribution in [2.75, 3.05) is 7.11 Å². The summed E-state index contributed by atoms with van der Waals surface area (Å²) in [5.41, 5.74) is 2.79. The van der Waals surface area contributed by atoms with Crippen molar-refractivity contribution in [1.29, 1.82) is 0 Å². The highest BCUT2D eigenvalue weighted by Crippen LogP contribution is 2.20. The molecule has 1 aliphatic rings. The van der Waals surface area contributed by atoms with E-state index in [1.54, 1.807) is 7.11 Å². The van der Waals surface area contributed by atoms with E-state index in [0.29, 0.717) is 5.57 Å². The Morgan fingerprint density at radius 2 is 1.95 bits per heavy atom. The number of aryl methyl sites for hydroxylation is 1. The molecule has 0 unspecified atom stereocenters. The molecule has 1 N–H and O–H groups in total. The summed E-state index contributed by atoms with van der Waals surface area (Å²) in [5, 5.41) is 2.31. The van der Waals surface area contributed by atoms with Crippen LogP contribution in [-0.2, 0) is 16.0 Å². The van der Waals surface area contributed by atoms with Gasteiger partial charge in [-0.2, -0.15) is 0 Å². The second kappa shape index (κ2) is 5.69. The minimum absolute atomic E-state index is 0.205. The average Bonchev–Trinajstić information content (AvgIpc) is 2.75. The van der Waals surface area contributed by atoms with Crippen LogP contribution in [0.1, 0.15) is 25.3 Å². The van der Waals surface area contributed by atoms with Gasteiger partial charge >= 0.3 is 0 Å². The molecule has 0 radical (unpaired) electrons. The van der Waals surface area contributed by atoms with Gasteiger partial charge in [-0.05, 0) is 37.5 Å². The van der Waals surface area contributed by atoms with Crippen molar-refractivity contribution in [2.24, 2.45) is 0 Å². The van der Waals surface area contributed by atoms with Crippen LogP contribution in [0.25, 0.3) is 0 Å². The quantitative estimate of drug-likeness (QED) is 0.664. The van der Waals surface area contributed by atoms with Crippen LogP contribution in [0, 0.1) is 0 Å². The van der Waals surface area contributed by atoms with E-state index in [4.69, 9.17) is 4.74 Å². The van der Waals surface area contributed by atoms with Crippen LogP contribution in [0.4, 0.5) is 0 Å². The van der Waals surface area contributed by atoms with E-state index in [1.165, 1.54) is 5.56 Å². The molecule has 2 amide bonds. The van der Waals surface area contributed by atoms with Crippen LogP contribution in [0.2, 0.25) is 0 Å². The van der Waals surface area contributed by atoms with Crippen LogP contribution in [0.5, 0.6) is 5.75 Å². The molecule has 0 atom stereocenters. The Kier molecular flexibility index (Phi) is 4.00. The lowest BCUT2D eigenvalue weighted by atomic mass is 10.0. The maximum Gasteiger partial charge on any atom is 0.254 e. The van der Waals surface area contributed by atoms with Gasteiger partial charge in [-0.15, -0.1) is 0 Å². The summed E-state index contributed by atoms with van der Waals surface area (Å²) in [4.78, 5) is 22.6. The zero-order valence-electron chi connectivity index (χ0n) is 11.2. The van der Waals surface area contributed by atoms with E-state index >= 15 is 0 Å². The fourth-order valence-electron chi connectivity index (χ4n) is 2.11. The fraction of sp³-hybridized carbons (Fsp3) is 0.333. The third kappa shape index (κ3) is 3.22. The smallest absolute Gasteiger partial charge is 0.254 e. The molecule has 1 saturated heterocycles. The minimum atomic E-state index is -0.239. The predicted molar refractivity (Wildman–Crippen MR) is 71.8 cm³/mol. The largest absolute Gasteiger partial charge is 0.497 e. The Morgan fingerprint density at radius 3 is 2.47 bits per heavy atom. The molecule has 1 aromatic rings. The van der Waals surface area contributed by atoms with Gasteiger partial charge in [0.25, 0.3) is 5.91 Å². The number of amides is 2. The normalized spacial score (nSPS) is 17.4. The second-order valence-electron chi connectivity index (χ2n) is 4.66. The maximum atomic E-state index is 11.5. The Balaban J connectivity index is 1.99. The van der Waals surface area contributed by atoms with E-state index in [9.17, 15) is 9.59 Å². The van der Waals surface area contributed by atoms with Crippen LogP contribution >= 0.6 is 0 Å². The third-order valence-electron chi connectivity index (χ3n) is 3.33. The summed E-state index contributed by atoms with van der Waals surface area (Å²) in [5.74, 6) is 0.389. The molecule has 0 aromatic heterocycles. The molecule has 0 spiro atoms. The molecular formula is C15H17NO3. The number of hydrogen-bond donors (Lipinski definition) is 1. The molecule has 1 heterocycles. The molecule has 0 bridgehead atoms.